The van der Waals surface area contributed by atoms with E-state index in [4.69, 9.17) is 5.73 Å². The van der Waals surface area contributed by atoms with Gasteiger partial charge >= 0.3 is 0 Å². The van der Waals surface area contributed by atoms with Gasteiger partial charge in [0.1, 0.15) is 0 Å². The summed E-state index contributed by atoms with van der Waals surface area (Å²) in [6.45, 7) is 5.16. The van der Waals surface area contributed by atoms with Crippen molar-refractivity contribution in [3.05, 3.63) is 0 Å². The van der Waals surface area contributed by atoms with Crippen LogP contribution >= 0.6 is 0 Å². The molecule has 0 aromatic rings. The summed E-state index contributed by atoms with van der Waals surface area (Å²) < 4.78 is 0. The number of nitrogens with zero attached hydrogens (tertiary/aromatic N) is 1. The first kappa shape index (κ1) is 12.5. The molecule has 0 aromatic carbocycles. The quantitative estimate of drug-likeness (QED) is 0.769. The molecule has 1 fully saturated rings. The van der Waals surface area contributed by atoms with Crippen LogP contribution in [-0.4, -0.2) is 30.9 Å². The van der Waals surface area contributed by atoms with E-state index in [0.29, 0.717) is 12.5 Å². The van der Waals surface area contributed by atoms with Crippen LogP contribution in [-0.2, 0) is 4.79 Å². The molecule has 0 saturated heterocycles. The van der Waals surface area contributed by atoms with Crippen molar-refractivity contribution in [2.24, 2.45) is 17.1 Å². The van der Waals surface area contributed by atoms with E-state index < -0.39 is 5.41 Å². The molecule has 3 nitrogen and oxygen atoms in total. The maximum Gasteiger partial charge on any atom is 0.229 e. The molecule has 0 atom stereocenters. The van der Waals surface area contributed by atoms with Crippen molar-refractivity contribution in [1.82, 2.24) is 4.90 Å². The molecule has 1 aliphatic carbocycles. The topological polar surface area (TPSA) is 46.3 Å². The number of amides is 1. The molecular formula is C12H24N2O. The van der Waals surface area contributed by atoms with Crippen LogP contribution in [0.25, 0.3) is 0 Å². The Morgan fingerprint density at radius 1 is 1.40 bits per heavy atom. The summed E-state index contributed by atoms with van der Waals surface area (Å²) in [6, 6.07) is 0. The fourth-order valence-electron chi connectivity index (χ4n) is 2.27. The predicted molar refractivity (Wildman–Crippen MR) is 62.4 cm³/mol. The maximum absolute atomic E-state index is 12.0. The zero-order valence-corrected chi connectivity index (χ0v) is 10.3. The molecule has 1 saturated carbocycles. The molecule has 0 radical (unpaired) electrons. The standard InChI is InChI=1S/C12H24N2O/c1-12(2,9-13)11(15)14(3)8-10-6-4-5-7-10/h10H,4-9,13H2,1-3H3. The third-order valence-corrected chi connectivity index (χ3v) is 3.44. The molecule has 15 heavy (non-hydrogen) atoms. The van der Waals surface area contributed by atoms with Gasteiger partial charge in [0.2, 0.25) is 5.91 Å². The van der Waals surface area contributed by atoms with E-state index in [1.54, 1.807) is 0 Å². The number of nitrogens with two attached hydrogens (primary N) is 1. The zero-order valence-electron chi connectivity index (χ0n) is 10.3. The van der Waals surface area contributed by atoms with Crippen LogP contribution in [0.3, 0.4) is 0 Å². The van der Waals surface area contributed by atoms with Gasteiger partial charge < -0.3 is 10.6 Å². The summed E-state index contributed by atoms with van der Waals surface area (Å²) in [5.74, 6) is 0.893. The molecule has 0 bridgehead atoms. The third kappa shape index (κ3) is 3.20. The van der Waals surface area contributed by atoms with Gasteiger partial charge in [-0.05, 0) is 32.6 Å². The average molecular weight is 212 g/mol. The first-order chi connectivity index (χ1) is 6.97. The van der Waals surface area contributed by atoms with Gasteiger partial charge in [0.25, 0.3) is 0 Å². The lowest BCUT2D eigenvalue weighted by Crippen LogP contribution is -2.44. The van der Waals surface area contributed by atoms with Gasteiger partial charge in [0, 0.05) is 20.1 Å². The van der Waals surface area contributed by atoms with Crippen molar-refractivity contribution in [2.75, 3.05) is 20.1 Å². The number of hydrogen-bond donors (Lipinski definition) is 1. The summed E-state index contributed by atoms with van der Waals surface area (Å²) in [5.41, 5.74) is 5.20. The average Bonchev–Trinajstić information content (AvgIpc) is 2.69. The number of rotatable bonds is 4. The third-order valence-electron chi connectivity index (χ3n) is 3.44. The van der Waals surface area contributed by atoms with E-state index in [0.717, 1.165) is 6.54 Å². The highest BCUT2D eigenvalue weighted by Crippen LogP contribution is 2.26. The zero-order chi connectivity index (χ0) is 11.5. The Bertz CT molecular complexity index is 220. The van der Waals surface area contributed by atoms with Crippen LogP contribution in [0, 0.1) is 11.3 Å². The highest BCUT2D eigenvalue weighted by molar-refractivity contribution is 5.81. The molecule has 1 amide bonds. The van der Waals surface area contributed by atoms with Crippen molar-refractivity contribution in [1.29, 1.82) is 0 Å². The van der Waals surface area contributed by atoms with Crippen LogP contribution in [0.5, 0.6) is 0 Å². The largest absolute Gasteiger partial charge is 0.345 e. The molecule has 2 N–H and O–H groups in total. The summed E-state index contributed by atoms with van der Waals surface area (Å²) in [5, 5.41) is 0. The van der Waals surface area contributed by atoms with Crippen molar-refractivity contribution in [3.63, 3.8) is 0 Å². The minimum atomic E-state index is -0.409. The Morgan fingerprint density at radius 3 is 2.40 bits per heavy atom. The Kier molecular flexibility index (Phi) is 4.14. The van der Waals surface area contributed by atoms with E-state index in [-0.39, 0.29) is 5.91 Å². The van der Waals surface area contributed by atoms with Gasteiger partial charge in [-0.3, -0.25) is 4.79 Å². The molecule has 0 heterocycles. The number of hydrogen-bond acceptors (Lipinski definition) is 2. The fraction of sp³-hybridized carbons (Fsp3) is 0.917. The van der Waals surface area contributed by atoms with Gasteiger partial charge in [-0.15, -0.1) is 0 Å². The highest BCUT2D eigenvalue weighted by atomic mass is 16.2. The second kappa shape index (κ2) is 4.97. The van der Waals surface area contributed by atoms with E-state index in [1.165, 1.54) is 25.7 Å². The van der Waals surface area contributed by atoms with Crippen LogP contribution in [0.1, 0.15) is 39.5 Å². The Balaban J connectivity index is 2.45. The minimum absolute atomic E-state index is 0.178. The van der Waals surface area contributed by atoms with Crippen LogP contribution in [0.4, 0.5) is 0 Å². The SMILES string of the molecule is CN(CC1CCCC1)C(=O)C(C)(C)CN. The Labute approximate surface area is 93.0 Å². The van der Waals surface area contributed by atoms with Gasteiger partial charge in [-0.1, -0.05) is 12.8 Å². The molecule has 0 spiro atoms. The first-order valence-corrected chi connectivity index (χ1v) is 5.93. The summed E-state index contributed by atoms with van der Waals surface area (Å²) in [6.07, 6.45) is 5.21. The van der Waals surface area contributed by atoms with Crippen molar-refractivity contribution >= 4 is 5.91 Å². The molecule has 0 aromatic heterocycles. The second-order valence-electron chi connectivity index (χ2n) is 5.42. The van der Waals surface area contributed by atoms with Crippen molar-refractivity contribution < 1.29 is 4.79 Å². The van der Waals surface area contributed by atoms with Gasteiger partial charge in [0.15, 0.2) is 0 Å². The molecule has 1 aliphatic rings. The molecule has 0 unspecified atom stereocenters. The lowest BCUT2D eigenvalue weighted by molar-refractivity contribution is -0.139. The highest BCUT2D eigenvalue weighted by Gasteiger charge is 2.30. The molecule has 88 valence electrons. The van der Waals surface area contributed by atoms with Crippen LogP contribution < -0.4 is 5.73 Å². The molecular weight excluding hydrogens is 188 g/mol. The Hall–Kier alpha value is -0.570. The molecule has 3 heteroatoms. The first-order valence-electron chi connectivity index (χ1n) is 5.93. The summed E-state index contributed by atoms with van der Waals surface area (Å²) >= 11 is 0. The van der Waals surface area contributed by atoms with E-state index in [2.05, 4.69) is 0 Å². The van der Waals surface area contributed by atoms with Gasteiger partial charge in [-0.2, -0.15) is 0 Å². The van der Waals surface area contributed by atoms with E-state index in [1.807, 2.05) is 25.8 Å². The minimum Gasteiger partial charge on any atom is -0.345 e. The second-order valence-corrected chi connectivity index (χ2v) is 5.42. The number of carbonyl (C=O) groups excluding carboxylic acids is 1. The predicted octanol–water partition coefficient (Wildman–Crippen LogP) is 1.62. The lowest BCUT2D eigenvalue weighted by Gasteiger charge is -2.29. The van der Waals surface area contributed by atoms with Crippen LogP contribution in [0.15, 0.2) is 0 Å². The molecule has 0 aliphatic heterocycles. The fourth-order valence-corrected chi connectivity index (χ4v) is 2.27. The van der Waals surface area contributed by atoms with Crippen molar-refractivity contribution in [3.8, 4) is 0 Å². The molecule has 1 rings (SSSR count). The summed E-state index contributed by atoms with van der Waals surface area (Å²) in [4.78, 5) is 13.9. The summed E-state index contributed by atoms with van der Waals surface area (Å²) in [7, 11) is 1.90. The smallest absolute Gasteiger partial charge is 0.229 e. The van der Waals surface area contributed by atoms with Gasteiger partial charge in [0.05, 0.1) is 5.41 Å². The van der Waals surface area contributed by atoms with Crippen LogP contribution in [0.2, 0.25) is 0 Å². The number of carbonyl (C=O) groups is 1. The van der Waals surface area contributed by atoms with E-state index >= 15 is 0 Å². The van der Waals surface area contributed by atoms with Gasteiger partial charge in [-0.25, -0.2) is 0 Å². The monoisotopic (exact) mass is 212 g/mol. The Morgan fingerprint density at radius 2 is 1.93 bits per heavy atom. The normalized spacial score (nSPS) is 18.1. The maximum atomic E-state index is 12.0. The van der Waals surface area contributed by atoms with E-state index in [9.17, 15) is 4.79 Å². The lowest BCUT2D eigenvalue weighted by atomic mass is 9.91. The van der Waals surface area contributed by atoms with Crippen molar-refractivity contribution in [2.45, 2.75) is 39.5 Å².